The largest absolute Gasteiger partial charge is 0.346 e. The van der Waals surface area contributed by atoms with Gasteiger partial charge in [-0.05, 0) is 25.1 Å². The third-order valence-corrected chi connectivity index (χ3v) is 5.33. The molecule has 0 fully saturated rings. The molecule has 1 N–H and O–H groups in total. The van der Waals surface area contributed by atoms with Crippen LogP contribution >= 0.6 is 22.9 Å². The molecule has 0 saturated carbocycles. The van der Waals surface area contributed by atoms with E-state index in [9.17, 15) is 9.59 Å². The SMILES string of the molecule is CC(Cn1ccc(-c2ccc(C#N)c(Cl)c2)n1)NC(=O)c1csc(C(=O)N(C)C)n1. The number of hydrogen-bond donors (Lipinski definition) is 1. The van der Waals surface area contributed by atoms with Gasteiger partial charge in [0.2, 0.25) is 0 Å². The molecule has 0 spiro atoms. The highest BCUT2D eigenvalue weighted by Gasteiger charge is 2.18. The molecule has 1 atom stereocenters. The molecule has 0 bridgehead atoms. The standard InChI is InChI=1S/C20H19ClN6O2S/c1-12(23-18(28)17-11-30-19(24-17)20(29)26(2)3)10-27-7-6-16(25-27)13-4-5-14(9-22)15(21)8-13/h4-8,11-12H,10H2,1-3H3,(H,23,28). The summed E-state index contributed by atoms with van der Waals surface area (Å²) < 4.78 is 1.72. The van der Waals surface area contributed by atoms with Crippen molar-refractivity contribution in [1.29, 1.82) is 5.26 Å². The summed E-state index contributed by atoms with van der Waals surface area (Å²) in [7, 11) is 3.27. The Kier molecular flexibility index (Phi) is 6.50. The maximum Gasteiger partial charge on any atom is 0.282 e. The molecule has 0 saturated heterocycles. The highest BCUT2D eigenvalue weighted by Crippen LogP contribution is 2.24. The van der Waals surface area contributed by atoms with Crippen LogP contribution in [0.5, 0.6) is 0 Å². The first-order chi connectivity index (χ1) is 14.3. The quantitative estimate of drug-likeness (QED) is 0.631. The smallest absolute Gasteiger partial charge is 0.282 e. The highest BCUT2D eigenvalue weighted by atomic mass is 35.5. The Labute approximate surface area is 182 Å². The molecule has 1 aromatic carbocycles. The summed E-state index contributed by atoms with van der Waals surface area (Å²) in [4.78, 5) is 29.9. The molecule has 0 radical (unpaired) electrons. The van der Waals surface area contributed by atoms with E-state index in [1.807, 2.05) is 19.1 Å². The number of carbonyl (C=O) groups is 2. The number of hydrogen-bond acceptors (Lipinski definition) is 6. The summed E-state index contributed by atoms with van der Waals surface area (Å²) in [6.45, 7) is 2.31. The van der Waals surface area contributed by atoms with Crippen molar-refractivity contribution in [2.45, 2.75) is 19.5 Å². The molecule has 0 aliphatic rings. The number of amides is 2. The zero-order valence-corrected chi connectivity index (χ0v) is 18.2. The molecule has 10 heteroatoms. The van der Waals surface area contributed by atoms with Crippen molar-refractivity contribution in [3.8, 4) is 17.3 Å². The van der Waals surface area contributed by atoms with Gasteiger partial charge in [0.1, 0.15) is 11.8 Å². The summed E-state index contributed by atoms with van der Waals surface area (Å²) in [6, 6.07) is 8.79. The van der Waals surface area contributed by atoms with E-state index in [0.29, 0.717) is 22.8 Å². The van der Waals surface area contributed by atoms with E-state index in [0.717, 1.165) is 16.9 Å². The highest BCUT2D eigenvalue weighted by molar-refractivity contribution is 7.11. The third kappa shape index (κ3) is 4.84. The van der Waals surface area contributed by atoms with Crippen LogP contribution in [0.25, 0.3) is 11.3 Å². The summed E-state index contributed by atoms with van der Waals surface area (Å²) >= 11 is 7.23. The van der Waals surface area contributed by atoms with Crippen molar-refractivity contribution >= 4 is 34.8 Å². The van der Waals surface area contributed by atoms with Gasteiger partial charge in [0.15, 0.2) is 5.01 Å². The fourth-order valence-corrected chi connectivity index (χ4v) is 3.71. The van der Waals surface area contributed by atoms with E-state index < -0.39 is 0 Å². The summed E-state index contributed by atoms with van der Waals surface area (Å²) in [5, 5.41) is 18.6. The van der Waals surface area contributed by atoms with Crippen LogP contribution in [-0.2, 0) is 6.54 Å². The molecule has 0 aliphatic carbocycles. The van der Waals surface area contributed by atoms with Crippen LogP contribution in [0.15, 0.2) is 35.8 Å². The number of aromatic nitrogens is 3. The van der Waals surface area contributed by atoms with Gasteiger partial charge in [-0.3, -0.25) is 14.3 Å². The van der Waals surface area contributed by atoms with Gasteiger partial charge in [-0.2, -0.15) is 10.4 Å². The van der Waals surface area contributed by atoms with Crippen molar-refractivity contribution in [1.82, 2.24) is 25.0 Å². The molecule has 2 aromatic heterocycles. The average Bonchev–Trinajstić information content (AvgIpc) is 3.37. The van der Waals surface area contributed by atoms with Crippen LogP contribution in [0, 0.1) is 11.3 Å². The van der Waals surface area contributed by atoms with Gasteiger partial charge in [-0.25, -0.2) is 4.98 Å². The third-order valence-electron chi connectivity index (χ3n) is 4.19. The van der Waals surface area contributed by atoms with Crippen molar-refractivity contribution in [3.63, 3.8) is 0 Å². The van der Waals surface area contributed by atoms with Crippen molar-refractivity contribution in [3.05, 3.63) is 57.1 Å². The van der Waals surface area contributed by atoms with E-state index in [2.05, 4.69) is 15.4 Å². The molecular formula is C20H19ClN6O2S. The van der Waals surface area contributed by atoms with E-state index in [-0.39, 0.29) is 28.6 Å². The number of carbonyl (C=O) groups excluding carboxylic acids is 2. The minimum absolute atomic E-state index is 0.213. The van der Waals surface area contributed by atoms with Crippen LogP contribution < -0.4 is 5.32 Å². The van der Waals surface area contributed by atoms with Crippen molar-refractivity contribution in [2.75, 3.05) is 14.1 Å². The lowest BCUT2D eigenvalue weighted by molar-refractivity contribution is 0.0827. The number of nitrogens with zero attached hydrogens (tertiary/aromatic N) is 5. The monoisotopic (exact) mass is 442 g/mol. The van der Waals surface area contributed by atoms with Crippen LogP contribution in [0.2, 0.25) is 5.02 Å². The first-order valence-electron chi connectivity index (χ1n) is 9.00. The number of thiazole rings is 1. The Morgan fingerprint density at radius 3 is 2.80 bits per heavy atom. The summed E-state index contributed by atoms with van der Waals surface area (Å²) in [5.41, 5.74) is 2.14. The van der Waals surface area contributed by atoms with Gasteiger partial charge in [-0.1, -0.05) is 17.7 Å². The van der Waals surface area contributed by atoms with Crippen LogP contribution in [0.4, 0.5) is 0 Å². The lowest BCUT2D eigenvalue weighted by atomic mass is 10.1. The first-order valence-corrected chi connectivity index (χ1v) is 10.3. The van der Waals surface area contributed by atoms with E-state index in [1.54, 1.807) is 48.6 Å². The minimum Gasteiger partial charge on any atom is -0.346 e. The first kappa shape index (κ1) is 21.5. The topological polar surface area (TPSA) is 104 Å². The maximum atomic E-state index is 12.4. The molecule has 8 nitrogen and oxygen atoms in total. The number of rotatable bonds is 6. The number of nitrogens with one attached hydrogen (secondary N) is 1. The average molecular weight is 443 g/mol. The lowest BCUT2D eigenvalue weighted by Gasteiger charge is -2.13. The fraction of sp³-hybridized carbons (Fsp3) is 0.250. The van der Waals surface area contributed by atoms with Crippen molar-refractivity contribution < 1.29 is 9.59 Å². The van der Waals surface area contributed by atoms with Crippen molar-refractivity contribution in [2.24, 2.45) is 0 Å². The van der Waals surface area contributed by atoms with Crippen LogP contribution in [0.1, 0.15) is 32.8 Å². The Bertz CT molecular complexity index is 1130. The zero-order chi connectivity index (χ0) is 21.8. The molecule has 1 unspecified atom stereocenters. The van der Waals surface area contributed by atoms with Gasteiger partial charge in [-0.15, -0.1) is 11.3 Å². The van der Waals surface area contributed by atoms with Crippen LogP contribution in [-0.4, -0.2) is 51.6 Å². The molecule has 3 rings (SSSR count). The normalized spacial score (nSPS) is 11.6. The van der Waals surface area contributed by atoms with Gasteiger partial charge in [0.25, 0.3) is 11.8 Å². The van der Waals surface area contributed by atoms with E-state index in [1.165, 1.54) is 4.90 Å². The Morgan fingerprint density at radius 2 is 2.13 bits per heavy atom. The number of nitriles is 1. The second-order valence-corrected chi connectivity index (χ2v) is 8.11. The van der Waals surface area contributed by atoms with E-state index >= 15 is 0 Å². The maximum absolute atomic E-state index is 12.4. The Morgan fingerprint density at radius 1 is 1.37 bits per heavy atom. The van der Waals surface area contributed by atoms with Gasteiger partial charge in [0.05, 0.1) is 22.8 Å². The minimum atomic E-state index is -0.345. The molecule has 30 heavy (non-hydrogen) atoms. The predicted molar refractivity (Wildman–Crippen MR) is 114 cm³/mol. The predicted octanol–water partition coefficient (Wildman–Crippen LogP) is 3.05. The molecule has 154 valence electrons. The second-order valence-electron chi connectivity index (χ2n) is 6.84. The van der Waals surface area contributed by atoms with Crippen LogP contribution in [0.3, 0.4) is 0 Å². The number of benzene rings is 1. The molecule has 0 aliphatic heterocycles. The molecular weight excluding hydrogens is 424 g/mol. The van der Waals surface area contributed by atoms with E-state index in [4.69, 9.17) is 16.9 Å². The Hall–Kier alpha value is -3.22. The second kappa shape index (κ2) is 9.07. The molecule has 2 heterocycles. The summed E-state index contributed by atoms with van der Waals surface area (Å²) in [6.07, 6.45) is 1.81. The molecule has 2 amide bonds. The summed E-state index contributed by atoms with van der Waals surface area (Å²) in [5.74, 6) is -0.582. The van der Waals surface area contributed by atoms with Gasteiger partial charge < -0.3 is 10.2 Å². The molecule has 3 aromatic rings. The Balaban J connectivity index is 1.62. The number of halogens is 1. The lowest BCUT2D eigenvalue weighted by Crippen LogP contribution is -2.36. The van der Waals surface area contributed by atoms with Gasteiger partial charge in [0, 0.05) is 37.3 Å². The fourth-order valence-electron chi connectivity index (χ4n) is 2.67. The van der Waals surface area contributed by atoms with Gasteiger partial charge >= 0.3 is 0 Å². The zero-order valence-electron chi connectivity index (χ0n) is 16.6.